The summed E-state index contributed by atoms with van der Waals surface area (Å²) in [5, 5.41) is 3.06. The van der Waals surface area contributed by atoms with Gasteiger partial charge in [-0.3, -0.25) is 9.69 Å². The summed E-state index contributed by atoms with van der Waals surface area (Å²) in [5.74, 6) is 0.0475. The number of carbonyl (C=O) groups is 1. The van der Waals surface area contributed by atoms with Gasteiger partial charge in [-0.25, -0.2) is 0 Å². The van der Waals surface area contributed by atoms with E-state index in [2.05, 4.69) is 43.1 Å². The van der Waals surface area contributed by atoms with Gasteiger partial charge in [0.15, 0.2) is 0 Å². The van der Waals surface area contributed by atoms with Gasteiger partial charge in [-0.2, -0.15) is 0 Å². The normalized spacial score (nSPS) is 23.1. The summed E-state index contributed by atoms with van der Waals surface area (Å²) in [4.78, 5) is 14.4. The number of benzene rings is 1. The van der Waals surface area contributed by atoms with Crippen LogP contribution in [0.15, 0.2) is 12.1 Å². The molecule has 1 fully saturated rings. The summed E-state index contributed by atoms with van der Waals surface area (Å²) >= 11 is 0. The lowest BCUT2D eigenvalue weighted by atomic mass is 10.1. The van der Waals surface area contributed by atoms with E-state index in [0.29, 0.717) is 6.54 Å². The summed E-state index contributed by atoms with van der Waals surface area (Å²) in [5.41, 5.74) is 4.40. The number of ether oxygens (including phenoxy) is 1. The molecule has 4 heteroatoms. The number of morpholine rings is 1. The second kappa shape index (κ2) is 6.58. The van der Waals surface area contributed by atoms with Crippen molar-refractivity contribution in [3.8, 4) is 0 Å². The smallest absolute Gasteiger partial charge is 0.238 e. The molecule has 1 N–H and O–H groups in total. The van der Waals surface area contributed by atoms with Crippen LogP contribution in [-0.4, -0.2) is 42.6 Å². The molecule has 2 rings (SSSR count). The fraction of sp³-hybridized carbons (Fsp3) is 0.588. The number of amides is 1. The first-order chi connectivity index (χ1) is 9.85. The van der Waals surface area contributed by atoms with Crippen LogP contribution in [0.5, 0.6) is 0 Å². The summed E-state index contributed by atoms with van der Waals surface area (Å²) in [6.45, 7) is 12.3. The Balaban J connectivity index is 1.99. The van der Waals surface area contributed by atoms with E-state index in [4.69, 9.17) is 4.74 Å². The van der Waals surface area contributed by atoms with Crippen molar-refractivity contribution in [2.24, 2.45) is 0 Å². The molecule has 0 bridgehead atoms. The van der Waals surface area contributed by atoms with Gasteiger partial charge in [0.2, 0.25) is 5.91 Å². The van der Waals surface area contributed by atoms with Crippen LogP contribution in [0, 0.1) is 20.8 Å². The summed E-state index contributed by atoms with van der Waals surface area (Å²) < 4.78 is 5.69. The van der Waals surface area contributed by atoms with Crippen LogP contribution in [0.4, 0.5) is 5.69 Å². The lowest BCUT2D eigenvalue weighted by molar-refractivity contribution is -0.121. The van der Waals surface area contributed by atoms with Gasteiger partial charge in [0.1, 0.15) is 0 Å². The average molecular weight is 290 g/mol. The molecule has 0 saturated carbocycles. The van der Waals surface area contributed by atoms with Crippen molar-refractivity contribution < 1.29 is 9.53 Å². The van der Waals surface area contributed by atoms with Crippen LogP contribution in [0.25, 0.3) is 0 Å². The van der Waals surface area contributed by atoms with E-state index >= 15 is 0 Å². The summed E-state index contributed by atoms with van der Waals surface area (Å²) in [6.07, 6.45) is 0.369. The van der Waals surface area contributed by atoms with E-state index in [0.717, 1.165) is 29.9 Å². The number of rotatable bonds is 3. The van der Waals surface area contributed by atoms with Crippen LogP contribution in [0.3, 0.4) is 0 Å². The van der Waals surface area contributed by atoms with Crippen molar-refractivity contribution in [2.45, 2.75) is 46.8 Å². The van der Waals surface area contributed by atoms with E-state index in [1.165, 1.54) is 5.56 Å². The van der Waals surface area contributed by atoms with Gasteiger partial charge in [0.05, 0.1) is 18.8 Å². The molecular formula is C17H26N2O2. The number of anilines is 1. The van der Waals surface area contributed by atoms with Crippen molar-refractivity contribution in [1.82, 2.24) is 4.90 Å². The number of hydrogen-bond acceptors (Lipinski definition) is 3. The fourth-order valence-corrected chi connectivity index (χ4v) is 3.17. The molecule has 2 unspecified atom stereocenters. The highest BCUT2D eigenvalue weighted by Gasteiger charge is 2.23. The molecule has 4 nitrogen and oxygen atoms in total. The van der Waals surface area contributed by atoms with Crippen LogP contribution in [-0.2, 0) is 9.53 Å². The third kappa shape index (κ3) is 4.29. The standard InChI is InChI=1S/C17H26N2O2/c1-11-6-12(2)17(13(3)7-11)18-16(20)10-19-8-14(4)21-15(5)9-19/h6-7,14-15H,8-10H2,1-5H3,(H,18,20). The van der Waals surface area contributed by atoms with Gasteiger partial charge in [0.25, 0.3) is 0 Å². The van der Waals surface area contributed by atoms with Gasteiger partial charge in [0, 0.05) is 18.8 Å². The maximum atomic E-state index is 12.3. The minimum atomic E-state index is 0.0475. The second-order valence-electron chi connectivity index (χ2n) is 6.27. The van der Waals surface area contributed by atoms with Crippen LogP contribution in [0.1, 0.15) is 30.5 Å². The molecule has 1 heterocycles. The van der Waals surface area contributed by atoms with Gasteiger partial charge < -0.3 is 10.1 Å². The number of hydrogen-bond donors (Lipinski definition) is 1. The van der Waals surface area contributed by atoms with Crippen molar-refractivity contribution in [2.75, 3.05) is 25.0 Å². The summed E-state index contributed by atoms with van der Waals surface area (Å²) in [6, 6.07) is 4.20. The largest absolute Gasteiger partial charge is 0.373 e. The monoisotopic (exact) mass is 290 g/mol. The molecule has 21 heavy (non-hydrogen) atoms. The Hall–Kier alpha value is -1.39. The maximum absolute atomic E-state index is 12.3. The highest BCUT2D eigenvalue weighted by atomic mass is 16.5. The van der Waals surface area contributed by atoms with Gasteiger partial charge in [-0.15, -0.1) is 0 Å². The molecule has 116 valence electrons. The van der Waals surface area contributed by atoms with Crippen molar-refractivity contribution in [1.29, 1.82) is 0 Å². The van der Waals surface area contributed by atoms with Crippen LogP contribution in [0.2, 0.25) is 0 Å². The first kappa shape index (κ1) is 16.0. The molecule has 1 saturated heterocycles. The molecule has 0 spiro atoms. The third-order valence-corrected chi connectivity index (χ3v) is 3.80. The Labute approximate surface area is 127 Å². The minimum Gasteiger partial charge on any atom is -0.373 e. The lowest BCUT2D eigenvalue weighted by Crippen LogP contribution is -2.48. The molecule has 1 aromatic rings. The van der Waals surface area contributed by atoms with Crippen molar-refractivity contribution in [3.63, 3.8) is 0 Å². The van der Waals surface area contributed by atoms with E-state index in [9.17, 15) is 4.79 Å². The SMILES string of the molecule is Cc1cc(C)c(NC(=O)CN2CC(C)OC(C)C2)c(C)c1. The van der Waals surface area contributed by atoms with E-state index in [-0.39, 0.29) is 18.1 Å². The Morgan fingerprint density at radius 3 is 2.24 bits per heavy atom. The molecule has 1 aliphatic rings. The predicted octanol–water partition coefficient (Wildman–Crippen LogP) is 2.66. The molecule has 1 aliphatic heterocycles. The fourth-order valence-electron chi connectivity index (χ4n) is 3.17. The van der Waals surface area contributed by atoms with Gasteiger partial charge in [-0.05, 0) is 45.7 Å². The minimum absolute atomic E-state index is 0.0475. The molecular weight excluding hydrogens is 264 g/mol. The Morgan fingerprint density at radius 2 is 1.71 bits per heavy atom. The zero-order valence-corrected chi connectivity index (χ0v) is 13.7. The van der Waals surface area contributed by atoms with Gasteiger partial charge in [-0.1, -0.05) is 17.7 Å². The topological polar surface area (TPSA) is 41.6 Å². The molecule has 0 aliphatic carbocycles. The van der Waals surface area contributed by atoms with E-state index < -0.39 is 0 Å². The van der Waals surface area contributed by atoms with Crippen LogP contribution < -0.4 is 5.32 Å². The number of carbonyl (C=O) groups excluding carboxylic acids is 1. The lowest BCUT2D eigenvalue weighted by Gasteiger charge is -2.34. The first-order valence-corrected chi connectivity index (χ1v) is 7.60. The quantitative estimate of drug-likeness (QED) is 0.930. The van der Waals surface area contributed by atoms with E-state index in [1.807, 2.05) is 13.8 Å². The predicted molar refractivity (Wildman–Crippen MR) is 85.7 cm³/mol. The second-order valence-corrected chi connectivity index (χ2v) is 6.27. The number of aryl methyl sites for hydroxylation is 3. The molecule has 0 radical (unpaired) electrons. The molecule has 1 aromatic carbocycles. The third-order valence-electron chi connectivity index (χ3n) is 3.80. The first-order valence-electron chi connectivity index (χ1n) is 7.60. The zero-order valence-electron chi connectivity index (χ0n) is 13.7. The number of nitrogens with zero attached hydrogens (tertiary/aromatic N) is 1. The molecule has 1 amide bonds. The van der Waals surface area contributed by atoms with Crippen molar-refractivity contribution >= 4 is 11.6 Å². The maximum Gasteiger partial charge on any atom is 0.238 e. The highest BCUT2D eigenvalue weighted by molar-refractivity contribution is 5.93. The molecule has 0 aromatic heterocycles. The number of nitrogens with one attached hydrogen (secondary N) is 1. The Morgan fingerprint density at radius 1 is 1.19 bits per heavy atom. The molecule has 2 atom stereocenters. The average Bonchev–Trinajstić information content (AvgIpc) is 2.32. The summed E-state index contributed by atoms with van der Waals surface area (Å²) in [7, 11) is 0. The van der Waals surface area contributed by atoms with Crippen molar-refractivity contribution in [3.05, 3.63) is 28.8 Å². The van der Waals surface area contributed by atoms with Gasteiger partial charge >= 0.3 is 0 Å². The zero-order chi connectivity index (χ0) is 15.6. The van der Waals surface area contributed by atoms with Crippen LogP contribution >= 0.6 is 0 Å². The Kier molecular flexibility index (Phi) is 5.01. The Bertz CT molecular complexity index is 495. The van der Waals surface area contributed by atoms with E-state index in [1.54, 1.807) is 0 Å². The highest BCUT2D eigenvalue weighted by Crippen LogP contribution is 2.22.